The van der Waals surface area contributed by atoms with E-state index in [9.17, 15) is 0 Å². The number of rotatable bonds is 6. The zero-order valence-electron chi connectivity index (χ0n) is 6.16. The highest BCUT2D eigenvalue weighted by atomic mass is 16.3. The third-order valence-electron chi connectivity index (χ3n) is 1.35. The molecule has 0 spiro atoms. The highest BCUT2D eigenvalue weighted by molar-refractivity contribution is 4.65. The molecule has 4 N–H and O–H groups in total. The van der Waals surface area contributed by atoms with Crippen molar-refractivity contribution in [1.29, 1.82) is 0 Å². The van der Waals surface area contributed by atoms with Crippen molar-refractivity contribution in [3.05, 3.63) is 6.42 Å². The minimum Gasteiger partial charge on any atom is -0.396 e. The molecule has 0 fully saturated rings. The van der Waals surface area contributed by atoms with Crippen LogP contribution in [-0.4, -0.2) is 29.5 Å². The van der Waals surface area contributed by atoms with E-state index in [2.05, 4.69) is 0 Å². The molecule has 0 saturated carbocycles. The summed E-state index contributed by atoms with van der Waals surface area (Å²) in [7, 11) is 0. The van der Waals surface area contributed by atoms with Gasteiger partial charge in [0, 0.05) is 12.6 Å². The molecular formula is C7H16NO2. The second-order valence-corrected chi connectivity index (χ2v) is 2.34. The van der Waals surface area contributed by atoms with Crippen molar-refractivity contribution in [2.75, 3.05) is 13.2 Å². The number of hydrogen-bond acceptors (Lipinski definition) is 3. The monoisotopic (exact) mass is 146 g/mol. The summed E-state index contributed by atoms with van der Waals surface area (Å²) >= 11 is 0. The first-order chi connectivity index (χ1) is 4.81. The fourth-order valence-electron chi connectivity index (χ4n) is 0.707. The fourth-order valence-corrected chi connectivity index (χ4v) is 0.707. The van der Waals surface area contributed by atoms with Gasteiger partial charge in [0.2, 0.25) is 0 Å². The van der Waals surface area contributed by atoms with E-state index in [0.29, 0.717) is 0 Å². The Morgan fingerprint density at radius 2 is 2.10 bits per heavy atom. The second kappa shape index (κ2) is 6.99. The molecule has 0 saturated heterocycles. The molecule has 1 radical (unpaired) electrons. The maximum atomic E-state index is 8.51. The lowest BCUT2D eigenvalue weighted by Crippen LogP contribution is -2.23. The predicted octanol–water partition coefficient (Wildman–Crippen LogP) is -0.327. The molecule has 0 aliphatic rings. The van der Waals surface area contributed by atoms with E-state index in [4.69, 9.17) is 15.9 Å². The van der Waals surface area contributed by atoms with E-state index >= 15 is 0 Å². The first-order valence-corrected chi connectivity index (χ1v) is 3.60. The summed E-state index contributed by atoms with van der Waals surface area (Å²) in [6.07, 6.45) is 4.45. The number of unbranched alkanes of at least 4 members (excludes halogenated alkanes) is 2. The van der Waals surface area contributed by atoms with E-state index in [0.717, 1.165) is 19.3 Å². The molecule has 0 aromatic heterocycles. The summed E-state index contributed by atoms with van der Waals surface area (Å²) < 4.78 is 0. The number of aliphatic hydroxyl groups excluding tert-OH is 2. The normalized spacial score (nSPS) is 13.5. The molecule has 3 heteroatoms. The molecular weight excluding hydrogens is 130 g/mol. The van der Waals surface area contributed by atoms with Gasteiger partial charge in [0.05, 0.1) is 6.61 Å². The van der Waals surface area contributed by atoms with Crippen LogP contribution in [-0.2, 0) is 0 Å². The van der Waals surface area contributed by atoms with Crippen LogP contribution in [0.5, 0.6) is 0 Å². The van der Waals surface area contributed by atoms with Gasteiger partial charge in [-0.15, -0.1) is 0 Å². The minimum absolute atomic E-state index is 0.0547. The van der Waals surface area contributed by atoms with Gasteiger partial charge in [0.15, 0.2) is 0 Å². The minimum atomic E-state index is -0.0907. The average molecular weight is 146 g/mol. The molecule has 0 bridgehead atoms. The Morgan fingerprint density at radius 3 is 2.60 bits per heavy atom. The Morgan fingerprint density at radius 1 is 1.40 bits per heavy atom. The Kier molecular flexibility index (Phi) is 6.91. The van der Waals surface area contributed by atoms with E-state index in [-0.39, 0.29) is 19.3 Å². The van der Waals surface area contributed by atoms with Gasteiger partial charge in [-0.2, -0.15) is 0 Å². The van der Waals surface area contributed by atoms with Gasteiger partial charge in [0.1, 0.15) is 0 Å². The molecule has 0 aliphatic carbocycles. The summed E-state index contributed by atoms with van der Waals surface area (Å²) in [4.78, 5) is 0. The molecule has 1 unspecified atom stereocenters. The topological polar surface area (TPSA) is 66.5 Å². The van der Waals surface area contributed by atoms with Gasteiger partial charge in [0.25, 0.3) is 0 Å². The predicted molar refractivity (Wildman–Crippen MR) is 40.3 cm³/mol. The standard InChI is InChI=1S/C7H16NO2/c8-7(6-10)4-2-1-3-5-9/h3,7,9-10H,1-2,4-6,8H2. The third kappa shape index (κ3) is 6.01. The number of hydrogen-bond donors (Lipinski definition) is 3. The van der Waals surface area contributed by atoms with Gasteiger partial charge < -0.3 is 15.9 Å². The van der Waals surface area contributed by atoms with Crippen LogP contribution in [0.4, 0.5) is 0 Å². The van der Waals surface area contributed by atoms with Crippen molar-refractivity contribution in [3.8, 4) is 0 Å². The SMILES string of the molecule is NC(CO)CCC[CH]CO. The average Bonchev–Trinajstić information content (AvgIpc) is 1.98. The van der Waals surface area contributed by atoms with Gasteiger partial charge in [-0.05, 0) is 19.3 Å². The molecule has 0 amide bonds. The van der Waals surface area contributed by atoms with Gasteiger partial charge in [-0.25, -0.2) is 0 Å². The number of aliphatic hydroxyl groups is 2. The lowest BCUT2D eigenvalue weighted by Gasteiger charge is -2.05. The number of nitrogens with two attached hydrogens (primary N) is 1. The Labute approximate surface area is 61.9 Å². The summed E-state index contributed by atoms with van der Waals surface area (Å²) in [6.45, 7) is 0.188. The van der Waals surface area contributed by atoms with Crippen LogP contribution in [0.1, 0.15) is 19.3 Å². The van der Waals surface area contributed by atoms with Crippen LogP contribution < -0.4 is 5.73 Å². The zero-order chi connectivity index (χ0) is 7.82. The molecule has 0 rings (SSSR count). The lowest BCUT2D eigenvalue weighted by molar-refractivity contribution is 0.257. The highest BCUT2D eigenvalue weighted by Gasteiger charge is 1.98. The van der Waals surface area contributed by atoms with Gasteiger partial charge in [-0.3, -0.25) is 0 Å². The fraction of sp³-hybridized carbons (Fsp3) is 0.857. The maximum Gasteiger partial charge on any atom is 0.0582 e. The summed E-state index contributed by atoms with van der Waals surface area (Å²) in [5.41, 5.74) is 5.43. The largest absolute Gasteiger partial charge is 0.396 e. The quantitative estimate of drug-likeness (QED) is 0.450. The molecule has 61 valence electrons. The first-order valence-electron chi connectivity index (χ1n) is 3.60. The summed E-state index contributed by atoms with van der Waals surface area (Å²) in [5.74, 6) is 0. The van der Waals surface area contributed by atoms with Crippen molar-refractivity contribution in [3.63, 3.8) is 0 Å². The Hall–Kier alpha value is -0.120. The van der Waals surface area contributed by atoms with Crippen LogP contribution in [0.3, 0.4) is 0 Å². The van der Waals surface area contributed by atoms with Crippen LogP contribution in [0.2, 0.25) is 0 Å². The van der Waals surface area contributed by atoms with Gasteiger partial charge in [-0.1, -0.05) is 6.42 Å². The molecule has 10 heavy (non-hydrogen) atoms. The van der Waals surface area contributed by atoms with Crippen LogP contribution in [0.25, 0.3) is 0 Å². The van der Waals surface area contributed by atoms with Crippen molar-refractivity contribution >= 4 is 0 Å². The Balaban J connectivity index is 2.89. The first kappa shape index (κ1) is 9.88. The molecule has 1 atom stereocenters. The molecule has 0 aromatic carbocycles. The van der Waals surface area contributed by atoms with Crippen LogP contribution in [0, 0.1) is 6.42 Å². The van der Waals surface area contributed by atoms with Crippen molar-refractivity contribution in [1.82, 2.24) is 0 Å². The molecule has 3 nitrogen and oxygen atoms in total. The van der Waals surface area contributed by atoms with E-state index < -0.39 is 0 Å². The lowest BCUT2D eigenvalue weighted by atomic mass is 10.1. The summed E-state index contributed by atoms with van der Waals surface area (Å²) in [5, 5.41) is 16.9. The smallest absolute Gasteiger partial charge is 0.0582 e. The van der Waals surface area contributed by atoms with Crippen LogP contribution >= 0.6 is 0 Å². The van der Waals surface area contributed by atoms with Crippen molar-refractivity contribution < 1.29 is 10.2 Å². The van der Waals surface area contributed by atoms with Crippen molar-refractivity contribution in [2.45, 2.75) is 25.3 Å². The molecule has 0 aliphatic heterocycles. The highest BCUT2D eigenvalue weighted by Crippen LogP contribution is 1.99. The molecule has 0 aromatic rings. The van der Waals surface area contributed by atoms with E-state index in [1.165, 1.54) is 0 Å². The molecule has 0 heterocycles. The zero-order valence-corrected chi connectivity index (χ0v) is 6.16. The van der Waals surface area contributed by atoms with E-state index in [1.54, 1.807) is 6.42 Å². The second-order valence-electron chi connectivity index (χ2n) is 2.34. The maximum absolute atomic E-state index is 8.51. The third-order valence-corrected chi connectivity index (χ3v) is 1.35. The van der Waals surface area contributed by atoms with E-state index in [1.807, 2.05) is 0 Å². The Bertz CT molecular complexity index is 68.6. The summed E-state index contributed by atoms with van der Waals surface area (Å²) in [6, 6.07) is -0.0907. The van der Waals surface area contributed by atoms with Crippen LogP contribution in [0.15, 0.2) is 0 Å². The van der Waals surface area contributed by atoms with Crippen molar-refractivity contribution in [2.24, 2.45) is 5.73 Å². The van der Waals surface area contributed by atoms with Gasteiger partial charge >= 0.3 is 0 Å².